The molecule has 1 aromatic carbocycles. The van der Waals surface area contributed by atoms with Gasteiger partial charge in [0, 0.05) is 24.9 Å². The van der Waals surface area contributed by atoms with Gasteiger partial charge in [-0.05, 0) is 30.4 Å². The van der Waals surface area contributed by atoms with Crippen LogP contribution in [0.15, 0.2) is 46.9 Å². The zero-order valence-corrected chi connectivity index (χ0v) is 16.5. The van der Waals surface area contributed by atoms with Crippen molar-refractivity contribution in [2.75, 3.05) is 13.6 Å². The van der Waals surface area contributed by atoms with E-state index in [-0.39, 0.29) is 30.1 Å². The van der Waals surface area contributed by atoms with E-state index < -0.39 is 6.04 Å². The summed E-state index contributed by atoms with van der Waals surface area (Å²) in [5.74, 6) is -0.616. The van der Waals surface area contributed by atoms with E-state index in [0.29, 0.717) is 12.0 Å². The Labute approximate surface area is 167 Å². The van der Waals surface area contributed by atoms with Crippen molar-refractivity contribution in [1.29, 1.82) is 0 Å². The van der Waals surface area contributed by atoms with Gasteiger partial charge in [0.15, 0.2) is 0 Å². The van der Waals surface area contributed by atoms with Crippen LogP contribution in [0.5, 0.6) is 0 Å². The SMILES string of the molecule is CN(CC(=O)N1N=C(c2cccs2)C[C@@H]1c1ccccc1F)C(=O)C1CCC1. The number of likely N-dealkylation sites (N-methyl/N-ethyl adjacent to an activating group) is 1. The highest BCUT2D eigenvalue weighted by atomic mass is 32.1. The van der Waals surface area contributed by atoms with Crippen molar-refractivity contribution in [3.63, 3.8) is 0 Å². The minimum Gasteiger partial charge on any atom is -0.336 e. The minimum absolute atomic E-state index is 0.00342. The summed E-state index contributed by atoms with van der Waals surface area (Å²) < 4.78 is 14.4. The number of carbonyl (C=O) groups is 2. The van der Waals surface area contributed by atoms with Gasteiger partial charge in [-0.15, -0.1) is 11.3 Å². The number of halogens is 1. The Balaban J connectivity index is 1.57. The molecule has 0 radical (unpaired) electrons. The van der Waals surface area contributed by atoms with Gasteiger partial charge < -0.3 is 4.90 Å². The van der Waals surface area contributed by atoms with Gasteiger partial charge in [0.1, 0.15) is 12.4 Å². The van der Waals surface area contributed by atoms with E-state index in [1.807, 2.05) is 17.5 Å². The van der Waals surface area contributed by atoms with E-state index in [2.05, 4.69) is 5.10 Å². The van der Waals surface area contributed by atoms with Gasteiger partial charge in [-0.3, -0.25) is 9.59 Å². The quantitative estimate of drug-likeness (QED) is 0.767. The van der Waals surface area contributed by atoms with Gasteiger partial charge in [0.2, 0.25) is 5.91 Å². The summed E-state index contributed by atoms with van der Waals surface area (Å²) in [5, 5.41) is 7.84. The second-order valence-electron chi connectivity index (χ2n) is 7.33. The van der Waals surface area contributed by atoms with Crippen LogP contribution < -0.4 is 0 Å². The molecule has 2 heterocycles. The Kier molecular flexibility index (Phi) is 5.26. The monoisotopic (exact) mass is 399 g/mol. The molecule has 1 aromatic heterocycles. The number of nitrogens with zero attached hydrogens (tertiary/aromatic N) is 3. The third kappa shape index (κ3) is 3.58. The zero-order chi connectivity index (χ0) is 19.7. The summed E-state index contributed by atoms with van der Waals surface area (Å²) in [5.41, 5.74) is 1.21. The van der Waals surface area contributed by atoms with Crippen molar-refractivity contribution < 1.29 is 14.0 Å². The standard InChI is InChI=1S/C21H22FN3O2S/c1-24(21(27)14-6-4-7-14)13-20(26)25-18(15-8-2-3-9-16(15)22)12-17(23-25)19-10-5-11-28-19/h2-3,5,8-11,14,18H,4,6-7,12-13H2,1H3/t18-/m1/s1. The average Bonchev–Trinajstić information content (AvgIpc) is 3.30. The highest BCUT2D eigenvalue weighted by Crippen LogP contribution is 2.35. The second-order valence-corrected chi connectivity index (χ2v) is 8.27. The summed E-state index contributed by atoms with van der Waals surface area (Å²) in [6, 6.07) is 9.85. The molecular weight excluding hydrogens is 377 g/mol. The molecule has 1 atom stereocenters. The van der Waals surface area contributed by atoms with E-state index in [4.69, 9.17) is 0 Å². The van der Waals surface area contributed by atoms with Crippen LogP contribution in [0.3, 0.4) is 0 Å². The van der Waals surface area contributed by atoms with Crippen molar-refractivity contribution in [3.05, 3.63) is 58.0 Å². The van der Waals surface area contributed by atoms with E-state index in [9.17, 15) is 14.0 Å². The van der Waals surface area contributed by atoms with E-state index >= 15 is 0 Å². The van der Waals surface area contributed by atoms with Crippen LogP contribution in [0, 0.1) is 11.7 Å². The van der Waals surface area contributed by atoms with Gasteiger partial charge in [0.25, 0.3) is 5.91 Å². The molecule has 1 saturated carbocycles. The van der Waals surface area contributed by atoms with Crippen molar-refractivity contribution in [2.24, 2.45) is 11.0 Å². The molecule has 1 fully saturated rings. The maximum atomic E-state index is 14.4. The van der Waals surface area contributed by atoms with Crippen molar-refractivity contribution >= 4 is 28.9 Å². The number of benzene rings is 1. The lowest BCUT2D eigenvalue weighted by atomic mass is 9.84. The third-order valence-electron chi connectivity index (χ3n) is 5.44. The fourth-order valence-electron chi connectivity index (χ4n) is 3.64. The van der Waals surface area contributed by atoms with Gasteiger partial charge in [0.05, 0.1) is 16.6 Å². The first kappa shape index (κ1) is 18.8. The molecule has 0 spiro atoms. The lowest BCUT2D eigenvalue weighted by Crippen LogP contribution is -2.43. The summed E-state index contributed by atoms with van der Waals surface area (Å²) in [4.78, 5) is 27.8. The van der Waals surface area contributed by atoms with Gasteiger partial charge in [-0.25, -0.2) is 9.40 Å². The first-order chi connectivity index (χ1) is 13.5. The molecule has 1 aliphatic carbocycles. The van der Waals surface area contributed by atoms with Crippen molar-refractivity contribution in [3.8, 4) is 0 Å². The lowest BCUT2D eigenvalue weighted by Gasteiger charge is -2.30. The Bertz CT molecular complexity index is 908. The molecule has 7 heteroatoms. The topological polar surface area (TPSA) is 53.0 Å². The first-order valence-electron chi connectivity index (χ1n) is 9.47. The summed E-state index contributed by atoms with van der Waals surface area (Å²) in [6.45, 7) is -0.0541. The summed E-state index contributed by atoms with van der Waals surface area (Å²) >= 11 is 1.54. The number of hydrazone groups is 1. The number of rotatable bonds is 5. The van der Waals surface area contributed by atoms with Gasteiger partial charge in [-0.2, -0.15) is 5.10 Å². The predicted molar refractivity (Wildman–Crippen MR) is 106 cm³/mol. The van der Waals surface area contributed by atoms with Crippen molar-refractivity contribution in [1.82, 2.24) is 9.91 Å². The number of thiophene rings is 1. The fraction of sp³-hybridized carbons (Fsp3) is 0.381. The molecule has 146 valence electrons. The van der Waals surface area contributed by atoms with Crippen LogP contribution in [-0.2, 0) is 9.59 Å². The smallest absolute Gasteiger partial charge is 0.262 e. The Hall–Kier alpha value is -2.54. The van der Waals surface area contributed by atoms with Crippen LogP contribution in [0.4, 0.5) is 4.39 Å². The molecule has 2 aliphatic rings. The molecule has 2 aromatic rings. The van der Waals surface area contributed by atoms with Crippen LogP contribution in [0.1, 0.15) is 42.2 Å². The van der Waals surface area contributed by atoms with Crippen LogP contribution in [0.25, 0.3) is 0 Å². The Morgan fingerprint density at radius 3 is 2.68 bits per heavy atom. The fourth-order valence-corrected chi connectivity index (χ4v) is 4.36. The largest absolute Gasteiger partial charge is 0.336 e. The molecule has 0 N–H and O–H groups in total. The summed E-state index contributed by atoms with van der Waals surface area (Å²) in [6.07, 6.45) is 3.29. The normalized spacial score (nSPS) is 19.3. The molecule has 4 rings (SSSR count). The molecule has 2 amide bonds. The molecule has 0 bridgehead atoms. The molecule has 5 nitrogen and oxygen atoms in total. The summed E-state index contributed by atoms with van der Waals surface area (Å²) in [7, 11) is 1.65. The van der Waals surface area contributed by atoms with E-state index in [1.165, 1.54) is 16.0 Å². The van der Waals surface area contributed by atoms with Crippen LogP contribution >= 0.6 is 11.3 Å². The van der Waals surface area contributed by atoms with Crippen LogP contribution in [-0.4, -0.2) is 41.0 Å². The van der Waals surface area contributed by atoms with E-state index in [1.54, 1.807) is 36.6 Å². The van der Waals surface area contributed by atoms with Crippen LogP contribution in [0.2, 0.25) is 0 Å². The molecule has 0 unspecified atom stereocenters. The third-order valence-corrected chi connectivity index (χ3v) is 6.36. The second kappa shape index (κ2) is 7.83. The molecule has 28 heavy (non-hydrogen) atoms. The molecule has 1 aliphatic heterocycles. The first-order valence-corrected chi connectivity index (χ1v) is 10.4. The predicted octanol–water partition coefficient (Wildman–Crippen LogP) is 3.82. The van der Waals surface area contributed by atoms with Gasteiger partial charge in [-0.1, -0.05) is 30.7 Å². The average molecular weight is 399 g/mol. The Morgan fingerprint density at radius 1 is 1.25 bits per heavy atom. The van der Waals surface area contributed by atoms with E-state index in [0.717, 1.165) is 29.9 Å². The lowest BCUT2D eigenvalue weighted by molar-refractivity contribution is -0.144. The number of amides is 2. The van der Waals surface area contributed by atoms with Crippen molar-refractivity contribution in [2.45, 2.75) is 31.7 Å². The number of hydrogen-bond acceptors (Lipinski definition) is 4. The number of carbonyl (C=O) groups excluding carboxylic acids is 2. The zero-order valence-electron chi connectivity index (χ0n) is 15.7. The maximum Gasteiger partial charge on any atom is 0.262 e. The molecular formula is C21H22FN3O2S. The van der Waals surface area contributed by atoms with Gasteiger partial charge >= 0.3 is 0 Å². The molecule has 0 saturated heterocycles. The minimum atomic E-state index is -0.502. The Morgan fingerprint density at radius 2 is 2.04 bits per heavy atom. The number of hydrogen-bond donors (Lipinski definition) is 0. The highest BCUT2D eigenvalue weighted by molar-refractivity contribution is 7.12. The maximum absolute atomic E-state index is 14.4. The highest BCUT2D eigenvalue weighted by Gasteiger charge is 2.36.